The molecule has 0 aliphatic carbocycles. The molecule has 1 amide bonds. The Morgan fingerprint density at radius 2 is 1.89 bits per heavy atom. The molecule has 150 valence electrons. The van der Waals surface area contributed by atoms with Crippen LogP contribution in [-0.4, -0.2) is 31.5 Å². The maximum absolute atomic E-state index is 12.9. The van der Waals surface area contributed by atoms with Crippen molar-refractivity contribution in [3.63, 3.8) is 0 Å². The number of anilines is 2. The second-order valence-corrected chi connectivity index (χ2v) is 8.43. The van der Waals surface area contributed by atoms with Crippen LogP contribution in [0.1, 0.15) is 24.5 Å². The number of carbonyl (C=O) groups is 1. The summed E-state index contributed by atoms with van der Waals surface area (Å²) in [6.45, 7) is 5.41. The average Bonchev–Trinajstić information content (AvgIpc) is 2.61. The van der Waals surface area contributed by atoms with Crippen LogP contribution < -0.4 is 9.62 Å². The van der Waals surface area contributed by atoms with Gasteiger partial charge in [0.25, 0.3) is 5.69 Å². The fourth-order valence-electron chi connectivity index (χ4n) is 2.89. The van der Waals surface area contributed by atoms with Gasteiger partial charge >= 0.3 is 0 Å². The van der Waals surface area contributed by atoms with E-state index in [1.807, 2.05) is 26.0 Å². The Bertz CT molecular complexity index is 1000. The number of nitrogens with one attached hydrogen (secondary N) is 1. The summed E-state index contributed by atoms with van der Waals surface area (Å²) < 4.78 is 25.9. The number of rotatable bonds is 7. The van der Waals surface area contributed by atoms with Crippen LogP contribution >= 0.6 is 0 Å². The fourth-order valence-corrected chi connectivity index (χ4v) is 4.09. The van der Waals surface area contributed by atoms with E-state index in [0.717, 1.165) is 27.8 Å². The highest BCUT2D eigenvalue weighted by atomic mass is 32.2. The SMILES string of the molecule is CC[C@@H](C(=O)Nc1cc(C)ccc1C)N(c1cccc([N+](=O)[O-])c1)S(C)(=O)=O. The molecule has 28 heavy (non-hydrogen) atoms. The van der Waals surface area contributed by atoms with E-state index < -0.39 is 26.9 Å². The van der Waals surface area contributed by atoms with E-state index in [-0.39, 0.29) is 17.8 Å². The van der Waals surface area contributed by atoms with Gasteiger partial charge in [0.15, 0.2) is 0 Å². The molecular formula is C19H23N3O5S. The van der Waals surface area contributed by atoms with Crippen LogP contribution in [-0.2, 0) is 14.8 Å². The molecule has 2 rings (SSSR count). The summed E-state index contributed by atoms with van der Waals surface area (Å²) in [4.78, 5) is 23.4. The number of non-ortho nitro benzene ring substituents is 1. The zero-order chi connectivity index (χ0) is 21.1. The molecule has 9 heteroatoms. The molecule has 2 aromatic carbocycles. The van der Waals surface area contributed by atoms with E-state index in [0.29, 0.717) is 5.69 Å². The molecule has 1 N–H and O–H groups in total. The zero-order valence-corrected chi connectivity index (χ0v) is 17.0. The van der Waals surface area contributed by atoms with Crippen LogP contribution in [0.3, 0.4) is 0 Å². The standard InChI is InChI=1S/C19H23N3O5S/c1-5-18(19(23)20-17-11-13(2)9-10-14(17)3)21(28(4,26)27)15-7-6-8-16(12-15)22(24)25/h6-12,18H,5H2,1-4H3,(H,20,23)/t18-/m0/s1. The maximum Gasteiger partial charge on any atom is 0.271 e. The summed E-state index contributed by atoms with van der Waals surface area (Å²) in [5.74, 6) is -0.506. The van der Waals surface area contributed by atoms with Crippen molar-refractivity contribution in [2.75, 3.05) is 15.9 Å². The van der Waals surface area contributed by atoms with Crippen molar-refractivity contribution < 1.29 is 18.1 Å². The molecule has 0 radical (unpaired) electrons. The summed E-state index contributed by atoms with van der Waals surface area (Å²) in [5, 5.41) is 13.9. The molecule has 0 saturated carbocycles. The molecule has 0 aliphatic rings. The molecule has 0 unspecified atom stereocenters. The highest BCUT2D eigenvalue weighted by Gasteiger charge is 2.32. The summed E-state index contributed by atoms with van der Waals surface area (Å²) in [5.41, 5.74) is 2.20. The van der Waals surface area contributed by atoms with Gasteiger partial charge in [-0.3, -0.25) is 19.2 Å². The quantitative estimate of drug-likeness (QED) is 0.561. The Morgan fingerprint density at radius 1 is 1.21 bits per heavy atom. The number of hydrogen-bond acceptors (Lipinski definition) is 5. The lowest BCUT2D eigenvalue weighted by Crippen LogP contribution is -2.47. The molecular weight excluding hydrogens is 382 g/mol. The lowest BCUT2D eigenvalue weighted by atomic mass is 10.1. The second-order valence-electron chi connectivity index (χ2n) is 6.57. The van der Waals surface area contributed by atoms with E-state index in [2.05, 4.69) is 5.32 Å². The van der Waals surface area contributed by atoms with Gasteiger partial charge in [-0.1, -0.05) is 25.1 Å². The maximum atomic E-state index is 12.9. The van der Waals surface area contributed by atoms with Crippen molar-refractivity contribution in [3.8, 4) is 0 Å². The number of benzene rings is 2. The first-order chi connectivity index (χ1) is 13.0. The normalized spacial score (nSPS) is 12.3. The summed E-state index contributed by atoms with van der Waals surface area (Å²) in [6.07, 6.45) is 1.16. The van der Waals surface area contributed by atoms with Crippen LogP contribution in [0.5, 0.6) is 0 Å². The van der Waals surface area contributed by atoms with Crippen molar-refractivity contribution in [2.24, 2.45) is 0 Å². The highest BCUT2D eigenvalue weighted by Crippen LogP contribution is 2.27. The smallest absolute Gasteiger partial charge is 0.271 e. The fraction of sp³-hybridized carbons (Fsp3) is 0.316. The molecule has 0 aliphatic heterocycles. The topological polar surface area (TPSA) is 110 Å². The third-order valence-electron chi connectivity index (χ3n) is 4.28. The third-order valence-corrected chi connectivity index (χ3v) is 5.46. The molecule has 0 saturated heterocycles. The summed E-state index contributed by atoms with van der Waals surface area (Å²) in [7, 11) is -3.88. The van der Waals surface area contributed by atoms with Gasteiger partial charge in [0.1, 0.15) is 6.04 Å². The van der Waals surface area contributed by atoms with Crippen LogP contribution in [0.15, 0.2) is 42.5 Å². The predicted octanol–water partition coefficient (Wildman–Crippen LogP) is 3.39. The van der Waals surface area contributed by atoms with Gasteiger partial charge in [-0.2, -0.15) is 0 Å². The minimum absolute atomic E-state index is 0.0691. The molecule has 0 heterocycles. The monoisotopic (exact) mass is 405 g/mol. The molecule has 1 atom stereocenters. The minimum Gasteiger partial charge on any atom is -0.324 e. The molecule has 0 fully saturated rings. The number of hydrogen-bond donors (Lipinski definition) is 1. The lowest BCUT2D eigenvalue weighted by Gasteiger charge is -2.30. The number of aryl methyl sites for hydroxylation is 2. The van der Waals surface area contributed by atoms with Gasteiger partial charge < -0.3 is 5.32 Å². The number of nitro groups is 1. The van der Waals surface area contributed by atoms with Crippen molar-refractivity contribution in [3.05, 3.63) is 63.7 Å². The van der Waals surface area contributed by atoms with Crippen LogP contribution in [0.4, 0.5) is 17.1 Å². The van der Waals surface area contributed by atoms with Crippen molar-refractivity contribution in [2.45, 2.75) is 33.2 Å². The van der Waals surface area contributed by atoms with E-state index in [9.17, 15) is 23.3 Å². The number of sulfonamides is 1. The first-order valence-corrected chi connectivity index (χ1v) is 10.5. The zero-order valence-electron chi connectivity index (χ0n) is 16.2. The Morgan fingerprint density at radius 3 is 2.46 bits per heavy atom. The number of nitrogens with zero attached hydrogens (tertiary/aromatic N) is 2. The van der Waals surface area contributed by atoms with E-state index in [4.69, 9.17) is 0 Å². The number of amides is 1. The molecule has 8 nitrogen and oxygen atoms in total. The number of nitro benzene ring substituents is 1. The van der Waals surface area contributed by atoms with Gasteiger partial charge in [0, 0.05) is 17.8 Å². The molecule has 2 aromatic rings. The molecule has 0 spiro atoms. The van der Waals surface area contributed by atoms with Gasteiger partial charge in [0.2, 0.25) is 15.9 Å². The predicted molar refractivity (Wildman–Crippen MR) is 109 cm³/mol. The summed E-state index contributed by atoms with van der Waals surface area (Å²) >= 11 is 0. The van der Waals surface area contributed by atoms with Crippen LogP contribution in [0.25, 0.3) is 0 Å². The average molecular weight is 405 g/mol. The van der Waals surface area contributed by atoms with E-state index in [1.54, 1.807) is 13.0 Å². The molecule has 0 bridgehead atoms. The summed E-state index contributed by atoms with van der Waals surface area (Å²) in [6, 6.07) is 9.75. The largest absolute Gasteiger partial charge is 0.324 e. The third kappa shape index (κ3) is 4.86. The van der Waals surface area contributed by atoms with Crippen molar-refractivity contribution >= 4 is 33.0 Å². The highest BCUT2D eigenvalue weighted by molar-refractivity contribution is 7.92. The lowest BCUT2D eigenvalue weighted by molar-refractivity contribution is -0.384. The van der Waals surface area contributed by atoms with Crippen LogP contribution in [0, 0.1) is 24.0 Å². The van der Waals surface area contributed by atoms with E-state index >= 15 is 0 Å². The van der Waals surface area contributed by atoms with Gasteiger partial charge in [-0.25, -0.2) is 8.42 Å². The first kappa shape index (κ1) is 21.4. The van der Waals surface area contributed by atoms with Gasteiger partial charge in [0.05, 0.1) is 16.9 Å². The Hall–Kier alpha value is -2.94. The van der Waals surface area contributed by atoms with Gasteiger partial charge in [-0.05, 0) is 43.5 Å². The first-order valence-electron chi connectivity index (χ1n) is 8.66. The minimum atomic E-state index is -3.88. The number of carbonyl (C=O) groups excluding carboxylic acids is 1. The van der Waals surface area contributed by atoms with Gasteiger partial charge in [-0.15, -0.1) is 0 Å². The van der Waals surface area contributed by atoms with Crippen molar-refractivity contribution in [1.29, 1.82) is 0 Å². The second kappa shape index (κ2) is 8.39. The molecule has 0 aromatic heterocycles. The van der Waals surface area contributed by atoms with E-state index in [1.165, 1.54) is 18.2 Å². The van der Waals surface area contributed by atoms with Crippen molar-refractivity contribution in [1.82, 2.24) is 0 Å². The Balaban J connectivity index is 2.46. The Kier molecular flexibility index (Phi) is 6.40. The Labute approximate surface area is 164 Å². The van der Waals surface area contributed by atoms with Crippen LogP contribution in [0.2, 0.25) is 0 Å².